The lowest BCUT2D eigenvalue weighted by atomic mass is 9.95. The van der Waals surface area contributed by atoms with Gasteiger partial charge in [0, 0.05) is 17.2 Å². The highest BCUT2D eigenvalue weighted by Crippen LogP contribution is 2.28. The van der Waals surface area contributed by atoms with Crippen LogP contribution in [0.2, 0.25) is 0 Å². The second kappa shape index (κ2) is 8.75. The standard InChI is InChI=1S/C23H25FN4O2/c1-15-14-18(8-9-20(15)24)21-26-23(30-27-21)16(2)28-12-10-17(11-13-28)22(29)25-19-6-4-3-5-7-19/h3-9,14,16-17H,10-13H2,1-2H3,(H,25,29). The van der Waals surface area contributed by atoms with Gasteiger partial charge >= 0.3 is 0 Å². The Balaban J connectivity index is 1.35. The van der Waals surface area contributed by atoms with Crippen LogP contribution >= 0.6 is 0 Å². The summed E-state index contributed by atoms with van der Waals surface area (Å²) in [4.78, 5) is 19.3. The Morgan fingerprint density at radius 3 is 2.63 bits per heavy atom. The van der Waals surface area contributed by atoms with Gasteiger partial charge in [0.25, 0.3) is 0 Å². The lowest BCUT2D eigenvalue weighted by Crippen LogP contribution is -2.39. The predicted octanol–water partition coefficient (Wildman–Crippen LogP) is 4.60. The highest BCUT2D eigenvalue weighted by atomic mass is 19.1. The number of carbonyl (C=O) groups excluding carboxylic acids is 1. The molecule has 6 nitrogen and oxygen atoms in total. The quantitative estimate of drug-likeness (QED) is 0.668. The summed E-state index contributed by atoms with van der Waals surface area (Å²) in [6.07, 6.45) is 1.56. The molecule has 1 aliphatic heterocycles. The van der Waals surface area contributed by atoms with E-state index < -0.39 is 0 Å². The molecule has 0 bridgehead atoms. The summed E-state index contributed by atoms with van der Waals surface area (Å²) in [6, 6.07) is 14.3. The third-order valence-corrected chi connectivity index (χ3v) is 5.70. The van der Waals surface area contributed by atoms with Crippen LogP contribution in [0, 0.1) is 18.7 Å². The van der Waals surface area contributed by atoms with Crippen molar-refractivity contribution in [2.24, 2.45) is 5.92 Å². The number of amides is 1. The number of anilines is 1. The zero-order chi connectivity index (χ0) is 21.1. The number of halogens is 1. The predicted molar refractivity (Wildman–Crippen MR) is 112 cm³/mol. The molecule has 30 heavy (non-hydrogen) atoms. The molecule has 3 aromatic rings. The van der Waals surface area contributed by atoms with Gasteiger partial charge in [-0.05, 0) is 75.7 Å². The summed E-state index contributed by atoms with van der Waals surface area (Å²) >= 11 is 0. The molecular weight excluding hydrogens is 383 g/mol. The van der Waals surface area contributed by atoms with Crippen LogP contribution in [-0.4, -0.2) is 34.0 Å². The van der Waals surface area contributed by atoms with Crippen LogP contribution in [0.4, 0.5) is 10.1 Å². The third kappa shape index (κ3) is 4.41. The number of nitrogens with one attached hydrogen (secondary N) is 1. The molecule has 1 amide bonds. The van der Waals surface area contributed by atoms with E-state index in [2.05, 4.69) is 20.4 Å². The zero-order valence-electron chi connectivity index (χ0n) is 17.1. The van der Waals surface area contributed by atoms with Gasteiger partial charge < -0.3 is 9.84 Å². The lowest BCUT2D eigenvalue weighted by Gasteiger charge is -2.33. The van der Waals surface area contributed by atoms with Crippen molar-refractivity contribution in [3.05, 3.63) is 65.8 Å². The number of carbonyl (C=O) groups is 1. The minimum absolute atomic E-state index is 0.00547. The van der Waals surface area contributed by atoms with Crippen LogP contribution in [0.3, 0.4) is 0 Å². The molecule has 2 aromatic carbocycles. The molecule has 0 spiro atoms. The van der Waals surface area contributed by atoms with E-state index in [0.29, 0.717) is 17.3 Å². The Hall–Kier alpha value is -3.06. The summed E-state index contributed by atoms with van der Waals surface area (Å²) in [5.41, 5.74) is 2.10. The maximum absolute atomic E-state index is 13.5. The van der Waals surface area contributed by atoms with Crippen molar-refractivity contribution in [2.45, 2.75) is 32.7 Å². The normalized spacial score (nSPS) is 16.4. The number of nitrogens with zero attached hydrogens (tertiary/aromatic N) is 3. The van der Waals surface area contributed by atoms with Crippen LogP contribution in [0.25, 0.3) is 11.4 Å². The molecule has 1 aromatic heterocycles. The minimum Gasteiger partial charge on any atom is -0.337 e. The average Bonchev–Trinajstić information content (AvgIpc) is 3.26. The molecule has 2 heterocycles. The van der Waals surface area contributed by atoms with Gasteiger partial charge in [0.2, 0.25) is 17.6 Å². The van der Waals surface area contributed by atoms with Crippen molar-refractivity contribution in [3.63, 3.8) is 0 Å². The molecule has 7 heteroatoms. The summed E-state index contributed by atoms with van der Waals surface area (Å²) in [7, 11) is 0. The topological polar surface area (TPSA) is 71.3 Å². The number of hydrogen-bond donors (Lipinski definition) is 1. The van der Waals surface area contributed by atoms with Crippen molar-refractivity contribution in [1.82, 2.24) is 15.0 Å². The molecule has 1 N–H and O–H groups in total. The number of benzene rings is 2. The molecule has 156 valence electrons. The van der Waals surface area contributed by atoms with E-state index in [-0.39, 0.29) is 23.7 Å². The van der Waals surface area contributed by atoms with E-state index in [1.165, 1.54) is 6.07 Å². The Kier molecular flexibility index (Phi) is 5.90. The van der Waals surface area contributed by atoms with Gasteiger partial charge in [0.1, 0.15) is 5.82 Å². The molecule has 1 unspecified atom stereocenters. The van der Waals surface area contributed by atoms with Crippen LogP contribution in [-0.2, 0) is 4.79 Å². The molecule has 1 atom stereocenters. The van der Waals surface area contributed by atoms with Gasteiger partial charge in [-0.15, -0.1) is 0 Å². The largest absolute Gasteiger partial charge is 0.337 e. The van der Waals surface area contributed by atoms with Crippen LogP contribution < -0.4 is 5.32 Å². The van der Waals surface area contributed by atoms with Crippen molar-refractivity contribution >= 4 is 11.6 Å². The number of likely N-dealkylation sites (tertiary alicyclic amines) is 1. The fourth-order valence-corrected chi connectivity index (χ4v) is 3.78. The van der Waals surface area contributed by atoms with Crippen molar-refractivity contribution in [1.29, 1.82) is 0 Å². The fraction of sp³-hybridized carbons (Fsp3) is 0.348. The van der Waals surface area contributed by atoms with E-state index in [9.17, 15) is 9.18 Å². The zero-order valence-corrected chi connectivity index (χ0v) is 17.1. The summed E-state index contributed by atoms with van der Waals surface area (Å²) in [5.74, 6) is 0.792. The second-order valence-electron chi connectivity index (χ2n) is 7.76. The number of aryl methyl sites for hydroxylation is 1. The van der Waals surface area contributed by atoms with Crippen LogP contribution in [0.5, 0.6) is 0 Å². The SMILES string of the molecule is Cc1cc(-c2noc(C(C)N3CCC(C(=O)Nc4ccccc4)CC3)n2)ccc1F. The maximum atomic E-state index is 13.5. The number of hydrogen-bond acceptors (Lipinski definition) is 5. The van der Waals surface area contributed by atoms with E-state index in [1.807, 2.05) is 37.3 Å². The minimum atomic E-state index is -0.255. The van der Waals surface area contributed by atoms with Crippen LogP contribution in [0.15, 0.2) is 53.1 Å². The number of aromatic nitrogens is 2. The van der Waals surface area contributed by atoms with Gasteiger partial charge in [0.15, 0.2) is 0 Å². The van der Waals surface area contributed by atoms with Crippen molar-refractivity contribution in [3.8, 4) is 11.4 Å². The monoisotopic (exact) mass is 408 g/mol. The first kappa shape index (κ1) is 20.2. The highest BCUT2D eigenvalue weighted by molar-refractivity contribution is 5.92. The van der Waals surface area contributed by atoms with E-state index >= 15 is 0 Å². The van der Waals surface area contributed by atoms with Crippen molar-refractivity contribution in [2.75, 3.05) is 18.4 Å². The first-order chi connectivity index (χ1) is 14.5. The third-order valence-electron chi connectivity index (χ3n) is 5.70. The maximum Gasteiger partial charge on any atom is 0.244 e. The number of rotatable bonds is 5. The molecule has 1 fully saturated rings. The van der Waals surface area contributed by atoms with Crippen molar-refractivity contribution < 1.29 is 13.7 Å². The van der Waals surface area contributed by atoms with Gasteiger partial charge in [-0.2, -0.15) is 4.98 Å². The number of piperidine rings is 1. The molecule has 1 saturated heterocycles. The van der Waals surface area contributed by atoms with E-state index in [1.54, 1.807) is 19.1 Å². The molecule has 4 rings (SSSR count). The molecule has 0 aliphatic carbocycles. The molecule has 0 radical (unpaired) electrons. The highest BCUT2D eigenvalue weighted by Gasteiger charge is 2.30. The smallest absolute Gasteiger partial charge is 0.244 e. The Bertz CT molecular complexity index is 1010. The Morgan fingerprint density at radius 1 is 1.20 bits per heavy atom. The Labute approximate surface area is 175 Å². The van der Waals surface area contributed by atoms with Gasteiger partial charge in [-0.1, -0.05) is 23.4 Å². The van der Waals surface area contributed by atoms with Gasteiger partial charge in [-0.3, -0.25) is 9.69 Å². The summed E-state index contributed by atoms with van der Waals surface area (Å²) in [6.45, 7) is 5.29. The van der Waals surface area contributed by atoms with Gasteiger partial charge in [-0.25, -0.2) is 4.39 Å². The molecular formula is C23H25FN4O2. The lowest BCUT2D eigenvalue weighted by molar-refractivity contribution is -0.121. The van der Waals surface area contributed by atoms with Crippen LogP contribution in [0.1, 0.15) is 37.3 Å². The number of para-hydroxylation sites is 1. The van der Waals surface area contributed by atoms with E-state index in [0.717, 1.165) is 37.2 Å². The summed E-state index contributed by atoms with van der Waals surface area (Å²) in [5, 5.41) is 7.06. The summed E-state index contributed by atoms with van der Waals surface area (Å²) < 4.78 is 19.0. The van der Waals surface area contributed by atoms with Gasteiger partial charge in [0.05, 0.1) is 6.04 Å². The molecule has 0 saturated carbocycles. The Morgan fingerprint density at radius 2 is 1.93 bits per heavy atom. The van der Waals surface area contributed by atoms with E-state index in [4.69, 9.17) is 4.52 Å². The fourth-order valence-electron chi connectivity index (χ4n) is 3.78. The second-order valence-corrected chi connectivity index (χ2v) is 7.76. The average molecular weight is 408 g/mol. The first-order valence-corrected chi connectivity index (χ1v) is 10.2. The molecule has 1 aliphatic rings. The first-order valence-electron chi connectivity index (χ1n) is 10.2.